The molecule has 2 aliphatic rings. The van der Waals surface area contributed by atoms with Crippen LogP contribution in [-0.2, 0) is 9.53 Å². The topological polar surface area (TPSA) is 157 Å². The second kappa shape index (κ2) is 15.3. The molecule has 6 rings (SSSR count). The van der Waals surface area contributed by atoms with Crippen molar-refractivity contribution in [1.82, 2.24) is 35.1 Å². The zero-order chi connectivity index (χ0) is 36.1. The molecule has 12 heteroatoms. The SMILES string of the molecule is COC(=O)N[C@H](C(=O)N1CCC[C@H]1c1ncc(-c2ccc(C#CC#Cc3cnc([C@@H]4CCCN4C(=O)O)[nH]3)c(-c3cccc(C)c3)c2)[nH]1)C(C)C. The molecule has 2 aromatic carbocycles. The van der Waals surface area contributed by atoms with Gasteiger partial charge in [-0.15, -0.1) is 0 Å². The molecule has 0 radical (unpaired) electrons. The van der Waals surface area contributed by atoms with Gasteiger partial charge in [-0.25, -0.2) is 19.6 Å². The Bertz CT molecular complexity index is 2060. The summed E-state index contributed by atoms with van der Waals surface area (Å²) in [5, 5.41) is 12.2. The largest absolute Gasteiger partial charge is 0.465 e. The zero-order valence-corrected chi connectivity index (χ0v) is 29.1. The molecule has 4 heterocycles. The van der Waals surface area contributed by atoms with Gasteiger partial charge in [0.15, 0.2) is 0 Å². The highest BCUT2D eigenvalue weighted by atomic mass is 16.5. The number of hydrogen-bond donors (Lipinski definition) is 4. The third kappa shape index (κ3) is 7.76. The van der Waals surface area contributed by atoms with E-state index >= 15 is 0 Å². The number of rotatable bonds is 7. The Morgan fingerprint density at radius 1 is 0.922 bits per heavy atom. The summed E-state index contributed by atoms with van der Waals surface area (Å²) in [6.45, 7) is 6.90. The summed E-state index contributed by atoms with van der Waals surface area (Å²) in [4.78, 5) is 56.0. The molecule has 0 saturated carbocycles. The predicted molar refractivity (Wildman–Crippen MR) is 191 cm³/mol. The quantitative estimate of drug-likeness (QED) is 0.173. The number of carboxylic acid groups (broad SMARTS) is 1. The van der Waals surface area contributed by atoms with E-state index in [9.17, 15) is 19.5 Å². The number of methoxy groups -OCH3 is 1. The average molecular weight is 688 g/mol. The van der Waals surface area contributed by atoms with E-state index in [-0.39, 0.29) is 23.9 Å². The van der Waals surface area contributed by atoms with Crippen molar-refractivity contribution in [2.45, 2.75) is 64.6 Å². The third-order valence-electron chi connectivity index (χ3n) is 9.36. The lowest BCUT2D eigenvalue weighted by Crippen LogP contribution is -2.51. The molecular weight excluding hydrogens is 646 g/mol. The number of nitrogens with zero attached hydrogens (tertiary/aromatic N) is 4. The number of amides is 3. The lowest BCUT2D eigenvalue weighted by atomic mass is 9.95. The van der Waals surface area contributed by atoms with Gasteiger partial charge >= 0.3 is 12.2 Å². The number of hydrogen-bond acceptors (Lipinski definition) is 6. The van der Waals surface area contributed by atoms with Crippen LogP contribution in [0.1, 0.15) is 80.1 Å². The number of benzene rings is 2. The minimum Gasteiger partial charge on any atom is -0.465 e. The number of H-pyrrole nitrogens is 2. The Morgan fingerprint density at radius 3 is 2.35 bits per heavy atom. The van der Waals surface area contributed by atoms with Gasteiger partial charge in [0.05, 0.1) is 37.3 Å². The Kier molecular flexibility index (Phi) is 10.4. The van der Waals surface area contributed by atoms with Crippen molar-refractivity contribution < 1.29 is 24.2 Å². The van der Waals surface area contributed by atoms with Crippen LogP contribution in [0.25, 0.3) is 22.4 Å². The van der Waals surface area contributed by atoms with Crippen molar-refractivity contribution in [1.29, 1.82) is 0 Å². The number of carbonyl (C=O) groups excluding carboxylic acids is 2. The summed E-state index contributed by atoms with van der Waals surface area (Å²) in [7, 11) is 1.28. The minimum atomic E-state index is -0.950. The Balaban J connectivity index is 1.24. The lowest BCUT2D eigenvalue weighted by Gasteiger charge is -2.30. The molecule has 2 aromatic heterocycles. The number of aryl methyl sites for hydroxylation is 1. The van der Waals surface area contributed by atoms with E-state index in [4.69, 9.17) is 9.72 Å². The molecular formula is C39H41N7O5. The highest BCUT2D eigenvalue weighted by Crippen LogP contribution is 2.34. The maximum Gasteiger partial charge on any atom is 0.407 e. The average Bonchev–Trinajstić information content (AvgIpc) is 3.95. The van der Waals surface area contributed by atoms with Gasteiger partial charge in [-0.3, -0.25) is 9.69 Å². The summed E-state index contributed by atoms with van der Waals surface area (Å²) >= 11 is 0. The first-order valence-electron chi connectivity index (χ1n) is 17.1. The van der Waals surface area contributed by atoms with Crippen LogP contribution in [0.2, 0.25) is 0 Å². The van der Waals surface area contributed by atoms with Crippen LogP contribution in [-0.4, -0.2) is 79.2 Å². The molecule has 4 N–H and O–H groups in total. The van der Waals surface area contributed by atoms with Gasteiger partial charge in [0.1, 0.15) is 23.4 Å². The van der Waals surface area contributed by atoms with Crippen molar-refractivity contribution in [3.8, 4) is 46.1 Å². The number of aromatic nitrogens is 4. The molecule has 12 nitrogen and oxygen atoms in total. The number of imidazole rings is 2. The summed E-state index contributed by atoms with van der Waals surface area (Å²) < 4.78 is 4.76. The fourth-order valence-corrected chi connectivity index (χ4v) is 6.76. The number of aromatic amines is 2. The molecule has 0 unspecified atom stereocenters. The lowest BCUT2D eigenvalue weighted by molar-refractivity contribution is -0.135. The maximum atomic E-state index is 13.6. The Morgan fingerprint density at radius 2 is 1.63 bits per heavy atom. The second-order valence-electron chi connectivity index (χ2n) is 13.2. The zero-order valence-electron chi connectivity index (χ0n) is 29.1. The van der Waals surface area contributed by atoms with Crippen molar-refractivity contribution >= 4 is 18.1 Å². The monoisotopic (exact) mass is 687 g/mol. The van der Waals surface area contributed by atoms with Crippen molar-refractivity contribution in [2.24, 2.45) is 5.92 Å². The Labute approximate surface area is 297 Å². The number of nitrogens with one attached hydrogen (secondary N) is 3. The van der Waals surface area contributed by atoms with Gasteiger partial charge in [0.2, 0.25) is 5.91 Å². The highest BCUT2D eigenvalue weighted by Gasteiger charge is 2.37. The molecule has 0 spiro atoms. The number of carbonyl (C=O) groups is 3. The number of likely N-dealkylation sites (tertiary alicyclic amines) is 2. The van der Waals surface area contributed by atoms with E-state index in [0.29, 0.717) is 30.4 Å². The number of ether oxygens (including phenoxy) is 1. The normalized spacial score (nSPS) is 17.4. The van der Waals surface area contributed by atoms with Gasteiger partial charge < -0.3 is 30.0 Å². The van der Waals surface area contributed by atoms with Crippen LogP contribution in [0.15, 0.2) is 54.9 Å². The van der Waals surface area contributed by atoms with Crippen LogP contribution in [0, 0.1) is 36.5 Å². The predicted octanol–water partition coefficient (Wildman–Crippen LogP) is 6.04. The van der Waals surface area contributed by atoms with Crippen LogP contribution in [0.5, 0.6) is 0 Å². The second-order valence-corrected chi connectivity index (χ2v) is 13.2. The molecule has 3 atom stereocenters. The molecule has 2 aliphatic heterocycles. The van der Waals surface area contributed by atoms with E-state index in [1.807, 2.05) is 51.1 Å². The van der Waals surface area contributed by atoms with E-state index in [1.165, 1.54) is 12.0 Å². The van der Waals surface area contributed by atoms with Gasteiger partial charge in [-0.05, 0) is 79.5 Å². The molecule has 0 aliphatic carbocycles. The molecule has 0 bridgehead atoms. The molecule has 2 saturated heterocycles. The van der Waals surface area contributed by atoms with Gasteiger partial charge in [0, 0.05) is 24.2 Å². The highest BCUT2D eigenvalue weighted by molar-refractivity contribution is 5.86. The fraction of sp³-hybridized carbons (Fsp3) is 0.359. The summed E-state index contributed by atoms with van der Waals surface area (Å²) in [6.07, 6.45) is 4.91. The maximum absolute atomic E-state index is 13.6. The molecule has 3 amide bonds. The third-order valence-corrected chi connectivity index (χ3v) is 9.36. The molecule has 51 heavy (non-hydrogen) atoms. The van der Waals surface area contributed by atoms with E-state index < -0.39 is 18.2 Å². The van der Waals surface area contributed by atoms with Crippen LogP contribution in [0.3, 0.4) is 0 Å². The first-order valence-corrected chi connectivity index (χ1v) is 17.1. The first kappa shape index (κ1) is 34.8. The molecule has 4 aromatic rings. The number of alkyl carbamates (subject to hydrolysis) is 1. The minimum absolute atomic E-state index is 0.121. The van der Waals surface area contributed by atoms with Crippen LogP contribution in [0.4, 0.5) is 9.59 Å². The summed E-state index contributed by atoms with van der Waals surface area (Å²) in [5.74, 6) is 13.1. The molecule has 262 valence electrons. The van der Waals surface area contributed by atoms with E-state index in [1.54, 1.807) is 17.3 Å². The van der Waals surface area contributed by atoms with Crippen LogP contribution < -0.4 is 5.32 Å². The van der Waals surface area contributed by atoms with Crippen LogP contribution >= 0.6 is 0 Å². The summed E-state index contributed by atoms with van der Waals surface area (Å²) in [5.41, 5.74) is 6.16. The van der Waals surface area contributed by atoms with Crippen molar-refractivity contribution in [3.63, 3.8) is 0 Å². The fourth-order valence-electron chi connectivity index (χ4n) is 6.76. The molecule has 2 fully saturated rings. The van der Waals surface area contributed by atoms with Gasteiger partial charge in [-0.1, -0.05) is 55.7 Å². The van der Waals surface area contributed by atoms with Gasteiger partial charge in [0.25, 0.3) is 0 Å². The van der Waals surface area contributed by atoms with E-state index in [2.05, 4.69) is 56.1 Å². The smallest absolute Gasteiger partial charge is 0.407 e. The Hall–Kier alpha value is -6.01. The van der Waals surface area contributed by atoms with E-state index in [0.717, 1.165) is 59.2 Å². The first-order chi connectivity index (χ1) is 24.6. The van der Waals surface area contributed by atoms with Crippen molar-refractivity contribution in [2.75, 3.05) is 20.2 Å². The van der Waals surface area contributed by atoms with Gasteiger partial charge in [-0.2, -0.15) is 0 Å². The standard InChI is InChI=1S/C39H41N7O5/c1-24(2)34(44-38(48)51-4)37(47)45-18-8-14-32(45)36-41-23-31(43-36)28-17-16-26(30(21-28)27-12-7-10-25(3)20-27)11-5-6-13-29-22-40-35(42-29)33-15-9-19-46(33)39(49)50/h7,10,12,16-17,20-24,32-34H,8-9,14-15,18-19H2,1-4H3,(H,40,42)(H,41,43)(H,44,48)(H,49,50)/t32-,33-,34-/m0/s1. The summed E-state index contributed by atoms with van der Waals surface area (Å²) in [6, 6.07) is 13.0. The van der Waals surface area contributed by atoms with Crippen molar-refractivity contribution in [3.05, 3.63) is 83.3 Å².